The molecule has 0 radical (unpaired) electrons. The van der Waals surface area contributed by atoms with Crippen LogP contribution in [0.5, 0.6) is 0 Å². The summed E-state index contributed by atoms with van der Waals surface area (Å²) in [6, 6.07) is 4.69. The fourth-order valence-corrected chi connectivity index (χ4v) is 2.42. The van der Waals surface area contributed by atoms with Crippen molar-refractivity contribution in [2.24, 2.45) is 0 Å². The van der Waals surface area contributed by atoms with Gasteiger partial charge in [0.15, 0.2) is 5.69 Å². The van der Waals surface area contributed by atoms with Gasteiger partial charge < -0.3 is 9.14 Å². The van der Waals surface area contributed by atoms with Gasteiger partial charge in [-0.1, -0.05) is 0 Å². The van der Waals surface area contributed by atoms with E-state index in [1.165, 1.54) is 17.6 Å². The smallest absolute Gasteiger partial charge is 0.434 e. The van der Waals surface area contributed by atoms with Crippen LogP contribution in [-0.4, -0.2) is 22.5 Å². The summed E-state index contributed by atoms with van der Waals surface area (Å²) in [5, 5.41) is 1.21. The summed E-state index contributed by atoms with van der Waals surface area (Å²) < 4.78 is 44.4. The predicted octanol–water partition coefficient (Wildman–Crippen LogP) is 3.60. The van der Waals surface area contributed by atoms with Gasteiger partial charge in [0.25, 0.3) is 0 Å². The highest BCUT2D eigenvalue weighted by molar-refractivity contribution is 6.01. The average molecular weight is 308 g/mol. The van der Waals surface area contributed by atoms with Crippen LogP contribution in [0.3, 0.4) is 0 Å². The molecule has 0 bridgehead atoms. The van der Waals surface area contributed by atoms with Crippen molar-refractivity contribution in [3.63, 3.8) is 0 Å². The maximum Gasteiger partial charge on any atom is 0.434 e. The molecular formula is C15H11F3N2O2. The minimum Gasteiger partial charge on any atom is -0.465 e. The van der Waals surface area contributed by atoms with E-state index in [4.69, 9.17) is 0 Å². The molecule has 0 saturated carbocycles. The maximum atomic E-state index is 12.8. The molecule has 0 saturated heterocycles. The summed E-state index contributed by atoms with van der Waals surface area (Å²) in [5.41, 5.74) is 0.324. The molecule has 114 valence electrons. The first-order chi connectivity index (χ1) is 10.3. The Hall–Kier alpha value is -2.57. The quantitative estimate of drug-likeness (QED) is 0.645. The molecule has 2 heterocycles. The Labute approximate surface area is 123 Å². The molecule has 2 aromatic heterocycles. The van der Waals surface area contributed by atoms with E-state index in [1.807, 2.05) is 0 Å². The Morgan fingerprint density at radius 3 is 2.59 bits per heavy atom. The van der Waals surface area contributed by atoms with Crippen LogP contribution in [-0.2, 0) is 10.9 Å². The van der Waals surface area contributed by atoms with E-state index in [1.54, 1.807) is 25.3 Å². The number of halogens is 3. The number of esters is 1. The third kappa shape index (κ3) is 2.18. The Morgan fingerprint density at radius 1 is 1.23 bits per heavy atom. The van der Waals surface area contributed by atoms with Gasteiger partial charge in [-0.05, 0) is 36.1 Å². The monoisotopic (exact) mass is 308 g/mol. The zero-order valence-electron chi connectivity index (χ0n) is 11.7. The normalized spacial score (nSPS) is 12.0. The van der Waals surface area contributed by atoms with Gasteiger partial charge in [0.05, 0.1) is 12.7 Å². The van der Waals surface area contributed by atoms with Crippen LogP contribution in [0.2, 0.25) is 0 Å². The third-order valence-electron chi connectivity index (χ3n) is 3.46. The molecule has 0 unspecified atom stereocenters. The van der Waals surface area contributed by atoms with Crippen LogP contribution in [0.4, 0.5) is 13.2 Å². The number of carbonyl (C=O) groups is 1. The maximum absolute atomic E-state index is 12.8. The van der Waals surface area contributed by atoms with Crippen molar-refractivity contribution in [2.45, 2.75) is 13.1 Å². The van der Waals surface area contributed by atoms with E-state index >= 15 is 0 Å². The van der Waals surface area contributed by atoms with Crippen molar-refractivity contribution >= 4 is 22.4 Å². The van der Waals surface area contributed by atoms with Gasteiger partial charge in [-0.2, -0.15) is 13.2 Å². The van der Waals surface area contributed by atoms with Crippen LogP contribution >= 0.6 is 0 Å². The van der Waals surface area contributed by atoms with Gasteiger partial charge in [0.1, 0.15) is 5.65 Å². The number of carbonyl (C=O) groups excluding carboxylic acids is 1. The van der Waals surface area contributed by atoms with E-state index in [0.717, 1.165) is 11.8 Å². The molecule has 0 amide bonds. The Morgan fingerprint density at radius 2 is 1.95 bits per heavy atom. The number of nitrogens with zero attached hydrogens (tertiary/aromatic N) is 2. The van der Waals surface area contributed by atoms with Crippen LogP contribution in [0.25, 0.3) is 16.4 Å². The SMILES string of the molecule is COC(=O)c1ccc2c(c1)c(C)cn1cc(C(F)(F)F)nc21. The lowest BCUT2D eigenvalue weighted by Gasteiger charge is -2.07. The van der Waals surface area contributed by atoms with Crippen LogP contribution in [0.15, 0.2) is 30.6 Å². The number of alkyl halides is 3. The van der Waals surface area contributed by atoms with Crippen molar-refractivity contribution in [3.8, 4) is 0 Å². The number of methoxy groups -OCH3 is 1. The summed E-state index contributed by atoms with van der Waals surface area (Å²) in [7, 11) is 1.27. The minimum absolute atomic E-state index is 0.198. The number of benzene rings is 1. The molecular weight excluding hydrogens is 297 g/mol. The van der Waals surface area contributed by atoms with E-state index in [0.29, 0.717) is 16.3 Å². The predicted molar refractivity (Wildman–Crippen MR) is 73.8 cm³/mol. The Balaban J connectivity index is 2.31. The molecule has 4 nitrogen and oxygen atoms in total. The van der Waals surface area contributed by atoms with Crippen molar-refractivity contribution in [1.82, 2.24) is 9.38 Å². The molecule has 3 aromatic rings. The average Bonchev–Trinajstić information content (AvgIpc) is 2.90. The first-order valence-corrected chi connectivity index (χ1v) is 6.39. The zero-order valence-corrected chi connectivity index (χ0v) is 11.7. The second-order valence-corrected chi connectivity index (χ2v) is 4.92. The molecule has 1 aromatic carbocycles. The van der Waals surface area contributed by atoms with Crippen LogP contribution in [0.1, 0.15) is 21.6 Å². The second-order valence-electron chi connectivity index (χ2n) is 4.92. The standard InChI is InChI=1S/C15H11F3N2O2/c1-8-6-20-7-12(15(16,17)18)19-13(20)10-4-3-9(5-11(8)10)14(21)22-2/h3-7H,1-2H3. The molecule has 0 fully saturated rings. The summed E-state index contributed by atoms with van der Waals surface area (Å²) in [4.78, 5) is 15.2. The van der Waals surface area contributed by atoms with E-state index < -0.39 is 17.8 Å². The lowest BCUT2D eigenvalue weighted by atomic mass is 10.0. The van der Waals surface area contributed by atoms with Gasteiger partial charge in [-0.25, -0.2) is 9.78 Å². The first-order valence-electron chi connectivity index (χ1n) is 6.39. The largest absolute Gasteiger partial charge is 0.465 e. The number of aryl methyl sites for hydroxylation is 1. The molecule has 0 N–H and O–H groups in total. The topological polar surface area (TPSA) is 43.6 Å². The lowest BCUT2D eigenvalue weighted by molar-refractivity contribution is -0.140. The minimum atomic E-state index is -4.50. The van der Waals surface area contributed by atoms with E-state index in [-0.39, 0.29) is 5.65 Å². The highest BCUT2D eigenvalue weighted by Crippen LogP contribution is 2.31. The molecule has 0 aliphatic rings. The summed E-state index contributed by atoms with van der Waals surface area (Å²) in [6.07, 6.45) is -1.99. The summed E-state index contributed by atoms with van der Waals surface area (Å²) >= 11 is 0. The number of ether oxygens (including phenoxy) is 1. The number of hydrogen-bond donors (Lipinski definition) is 0. The van der Waals surface area contributed by atoms with Gasteiger partial charge in [-0.15, -0.1) is 0 Å². The molecule has 0 spiro atoms. The van der Waals surface area contributed by atoms with E-state index in [9.17, 15) is 18.0 Å². The fourth-order valence-electron chi connectivity index (χ4n) is 2.42. The second kappa shape index (κ2) is 4.72. The van der Waals surface area contributed by atoms with Crippen molar-refractivity contribution in [2.75, 3.05) is 7.11 Å². The molecule has 7 heteroatoms. The number of aromatic nitrogens is 2. The first kappa shape index (κ1) is 14.4. The molecule has 0 aliphatic carbocycles. The molecule has 22 heavy (non-hydrogen) atoms. The van der Waals surface area contributed by atoms with Crippen LogP contribution in [0, 0.1) is 6.92 Å². The Kier molecular flexibility index (Phi) is 3.09. The van der Waals surface area contributed by atoms with Gasteiger partial charge in [0, 0.05) is 17.8 Å². The molecule has 0 aliphatic heterocycles. The van der Waals surface area contributed by atoms with Gasteiger partial charge in [0.2, 0.25) is 0 Å². The lowest BCUT2D eigenvalue weighted by Crippen LogP contribution is -2.04. The van der Waals surface area contributed by atoms with Crippen molar-refractivity contribution in [1.29, 1.82) is 0 Å². The highest BCUT2D eigenvalue weighted by atomic mass is 19.4. The zero-order chi connectivity index (χ0) is 16.1. The van der Waals surface area contributed by atoms with Crippen molar-refractivity contribution < 1.29 is 22.7 Å². The van der Waals surface area contributed by atoms with Gasteiger partial charge >= 0.3 is 12.1 Å². The van der Waals surface area contributed by atoms with Crippen LogP contribution < -0.4 is 0 Å². The summed E-state index contributed by atoms with van der Waals surface area (Å²) in [5.74, 6) is -0.500. The highest BCUT2D eigenvalue weighted by Gasteiger charge is 2.34. The Bertz CT molecular complexity index is 897. The number of fused-ring (bicyclic) bond motifs is 3. The van der Waals surface area contributed by atoms with Crippen molar-refractivity contribution in [3.05, 3.63) is 47.4 Å². The molecule has 3 rings (SSSR count). The fraction of sp³-hybridized carbons (Fsp3) is 0.200. The summed E-state index contributed by atoms with van der Waals surface area (Å²) in [6.45, 7) is 1.76. The number of imidazole rings is 1. The number of hydrogen-bond acceptors (Lipinski definition) is 3. The molecule has 0 atom stereocenters. The van der Waals surface area contributed by atoms with E-state index in [2.05, 4.69) is 9.72 Å². The number of rotatable bonds is 1. The third-order valence-corrected chi connectivity index (χ3v) is 3.46. The van der Waals surface area contributed by atoms with Gasteiger partial charge in [-0.3, -0.25) is 0 Å². The number of pyridine rings is 1.